The van der Waals surface area contributed by atoms with Gasteiger partial charge in [-0.2, -0.15) is 4.90 Å². The van der Waals surface area contributed by atoms with Crippen LogP contribution in [0.15, 0.2) is 48.6 Å². The van der Waals surface area contributed by atoms with Gasteiger partial charge in [0.1, 0.15) is 0 Å². The van der Waals surface area contributed by atoms with Crippen molar-refractivity contribution < 1.29 is 35.0 Å². The Morgan fingerprint density at radius 2 is 0.880 bits per heavy atom. The highest BCUT2D eigenvalue weighted by Gasteiger charge is 2.43. The molecule has 294 valence electrons. The van der Waals surface area contributed by atoms with E-state index in [0.29, 0.717) is 18.1 Å². The molecule has 0 bridgehead atoms. The second-order valence-electron chi connectivity index (χ2n) is 13.9. The second kappa shape index (κ2) is 34.7. The van der Waals surface area contributed by atoms with Crippen LogP contribution >= 0.6 is 0 Å². The Bertz CT molecular complexity index is 815. The molecule has 0 fully saturated rings. The van der Waals surface area contributed by atoms with Crippen LogP contribution in [0.25, 0.3) is 0 Å². The predicted octanol–water partition coefficient (Wildman–Crippen LogP) is 9.56. The molecule has 8 nitrogen and oxygen atoms in total. The van der Waals surface area contributed by atoms with Crippen molar-refractivity contribution >= 4 is 0 Å². The van der Waals surface area contributed by atoms with Gasteiger partial charge in [0.05, 0.1) is 12.7 Å². The number of allylic oxidation sites excluding steroid dienone is 8. The minimum Gasteiger partial charge on any atom is -0.379 e. The van der Waals surface area contributed by atoms with E-state index in [2.05, 4.69) is 62.5 Å². The monoisotopic (exact) mass is 710 g/mol. The third-order valence-corrected chi connectivity index (χ3v) is 8.75. The zero-order valence-electron chi connectivity index (χ0n) is 32.5. The lowest BCUT2D eigenvalue weighted by Gasteiger charge is -2.39. The van der Waals surface area contributed by atoms with Crippen LogP contribution in [-0.4, -0.2) is 74.9 Å². The molecule has 1 atom stereocenters. The maximum absolute atomic E-state index is 10.0. The van der Waals surface area contributed by atoms with Crippen molar-refractivity contribution in [1.29, 1.82) is 0 Å². The fourth-order valence-corrected chi connectivity index (χ4v) is 5.68. The number of hydrogen-bond donors (Lipinski definition) is 5. The van der Waals surface area contributed by atoms with E-state index in [1.807, 2.05) is 0 Å². The Hall–Kier alpha value is -1.36. The molecule has 0 spiro atoms. The fraction of sp³-hybridized carbons (Fsp3) is 0.810. The van der Waals surface area contributed by atoms with E-state index < -0.39 is 18.1 Å². The molecule has 0 rings (SSSR count). The van der Waals surface area contributed by atoms with Crippen LogP contribution in [0.5, 0.6) is 0 Å². The third-order valence-electron chi connectivity index (χ3n) is 8.75. The SMILES string of the molecule is CCCCC/C=C\C/C=C\CCCCCCCCOCC(CN(C(C)(O)O)C(O)(O)O)OCCCCCCCC/C=C\C/C=C\CCCCC. The van der Waals surface area contributed by atoms with Crippen molar-refractivity contribution in [2.45, 2.75) is 193 Å². The summed E-state index contributed by atoms with van der Waals surface area (Å²) in [4.78, 5) is 0.368. The highest BCUT2D eigenvalue weighted by Crippen LogP contribution is 2.18. The number of rotatable bonds is 37. The zero-order chi connectivity index (χ0) is 37.0. The van der Waals surface area contributed by atoms with E-state index in [4.69, 9.17) is 9.47 Å². The molecule has 0 aliphatic heterocycles. The number of ether oxygens (including phenoxy) is 2. The van der Waals surface area contributed by atoms with Gasteiger partial charge in [-0.3, -0.25) is 0 Å². The van der Waals surface area contributed by atoms with Crippen molar-refractivity contribution in [2.75, 3.05) is 26.4 Å². The molecule has 0 aliphatic carbocycles. The molecule has 0 aromatic carbocycles. The van der Waals surface area contributed by atoms with E-state index in [0.717, 1.165) is 71.1 Å². The molecule has 0 saturated carbocycles. The van der Waals surface area contributed by atoms with Gasteiger partial charge < -0.3 is 35.0 Å². The van der Waals surface area contributed by atoms with Crippen molar-refractivity contribution in [3.8, 4) is 0 Å². The second-order valence-corrected chi connectivity index (χ2v) is 13.9. The predicted molar refractivity (Wildman–Crippen MR) is 208 cm³/mol. The van der Waals surface area contributed by atoms with Crippen LogP contribution in [0.1, 0.15) is 175 Å². The van der Waals surface area contributed by atoms with Crippen LogP contribution in [-0.2, 0) is 9.47 Å². The Labute approximate surface area is 307 Å². The summed E-state index contributed by atoms with van der Waals surface area (Å²) in [5.41, 5.74) is 0. The first kappa shape index (κ1) is 48.6. The van der Waals surface area contributed by atoms with Gasteiger partial charge in [-0.05, 0) is 77.0 Å². The first-order valence-corrected chi connectivity index (χ1v) is 20.3. The van der Waals surface area contributed by atoms with Crippen LogP contribution in [0.3, 0.4) is 0 Å². The van der Waals surface area contributed by atoms with E-state index >= 15 is 0 Å². The normalized spacial score (nSPS) is 13.8. The molecule has 1 unspecified atom stereocenters. The van der Waals surface area contributed by atoms with E-state index in [1.54, 1.807) is 0 Å². The van der Waals surface area contributed by atoms with Crippen LogP contribution in [0.4, 0.5) is 0 Å². The fourth-order valence-electron chi connectivity index (χ4n) is 5.68. The molecule has 0 aromatic heterocycles. The van der Waals surface area contributed by atoms with Crippen LogP contribution in [0, 0.1) is 0 Å². The van der Waals surface area contributed by atoms with E-state index in [1.165, 1.54) is 89.9 Å². The Morgan fingerprint density at radius 3 is 1.28 bits per heavy atom. The molecular formula is C42H79NO7. The maximum atomic E-state index is 10.0. The molecule has 5 N–H and O–H groups in total. The average Bonchev–Trinajstić information content (AvgIpc) is 3.06. The minimum absolute atomic E-state index is 0.144. The molecule has 0 heterocycles. The van der Waals surface area contributed by atoms with Gasteiger partial charge in [0, 0.05) is 26.7 Å². The summed E-state index contributed by atoms with van der Waals surface area (Å²) in [6.45, 7) is 6.20. The lowest BCUT2D eigenvalue weighted by molar-refractivity contribution is -0.460. The summed E-state index contributed by atoms with van der Waals surface area (Å²) >= 11 is 0. The molecule has 0 aliphatic rings. The van der Waals surface area contributed by atoms with Crippen molar-refractivity contribution in [2.24, 2.45) is 0 Å². The largest absolute Gasteiger partial charge is 0.379 e. The molecule has 8 heteroatoms. The summed E-state index contributed by atoms with van der Waals surface area (Å²) in [5, 5.41) is 49.2. The Kier molecular flexibility index (Phi) is 33.8. The van der Waals surface area contributed by atoms with Gasteiger partial charge in [0.25, 0.3) is 0 Å². The number of aliphatic hydroxyl groups is 5. The summed E-state index contributed by atoms with van der Waals surface area (Å²) in [6.07, 6.45) is 42.0. The number of nitrogens with zero attached hydrogens (tertiary/aromatic N) is 1. The topological polar surface area (TPSA) is 123 Å². The highest BCUT2D eigenvalue weighted by atomic mass is 16.7. The highest BCUT2D eigenvalue weighted by molar-refractivity contribution is 4.93. The Morgan fingerprint density at radius 1 is 0.500 bits per heavy atom. The smallest absolute Gasteiger partial charge is 0.350 e. The third kappa shape index (κ3) is 33.8. The summed E-state index contributed by atoms with van der Waals surface area (Å²) in [5.74, 6) is -2.67. The molecule has 0 aromatic rings. The van der Waals surface area contributed by atoms with Gasteiger partial charge in [-0.1, -0.05) is 140 Å². The van der Waals surface area contributed by atoms with Gasteiger partial charge in [-0.25, -0.2) is 0 Å². The van der Waals surface area contributed by atoms with E-state index in [-0.39, 0.29) is 13.2 Å². The van der Waals surface area contributed by atoms with Crippen molar-refractivity contribution in [3.05, 3.63) is 48.6 Å². The molecule has 0 amide bonds. The number of unbranched alkanes of at least 4 members (excludes halogenated alkanes) is 18. The standard InChI is InChI=1S/C42H79NO7/c1-4-6-8-10-12-14-16-18-20-22-24-26-28-30-32-34-36-49-39-40(38-43(41(3,44)45)42(46,47)48)50-37-35-33-31-29-27-25-23-21-19-17-15-13-11-9-7-5-2/h12-15,18-21,40,44-48H,4-11,16-17,22-39H2,1-3H3/b14-12-,15-13-,20-18-,21-19-. The van der Waals surface area contributed by atoms with Gasteiger partial charge in [0.15, 0.2) is 0 Å². The van der Waals surface area contributed by atoms with Crippen molar-refractivity contribution in [1.82, 2.24) is 4.90 Å². The number of hydrogen-bond acceptors (Lipinski definition) is 8. The van der Waals surface area contributed by atoms with Gasteiger partial charge in [0.2, 0.25) is 5.91 Å². The molecule has 0 saturated heterocycles. The van der Waals surface area contributed by atoms with Gasteiger partial charge >= 0.3 is 6.10 Å². The van der Waals surface area contributed by atoms with Gasteiger partial charge in [-0.15, -0.1) is 0 Å². The summed E-state index contributed by atoms with van der Waals surface area (Å²) < 4.78 is 11.8. The van der Waals surface area contributed by atoms with Crippen LogP contribution < -0.4 is 0 Å². The minimum atomic E-state index is -3.42. The summed E-state index contributed by atoms with van der Waals surface area (Å²) in [6, 6.07) is 0. The lowest BCUT2D eigenvalue weighted by atomic mass is 10.1. The molecule has 0 radical (unpaired) electrons. The molecule has 50 heavy (non-hydrogen) atoms. The summed E-state index contributed by atoms with van der Waals surface area (Å²) in [7, 11) is 0. The maximum Gasteiger partial charge on any atom is 0.350 e. The van der Waals surface area contributed by atoms with E-state index in [9.17, 15) is 25.5 Å². The first-order chi connectivity index (χ1) is 24.1. The quantitative estimate of drug-likeness (QED) is 0.0246. The van der Waals surface area contributed by atoms with Crippen molar-refractivity contribution in [3.63, 3.8) is 0 Å². The Balaban J connectivity index is 4.17. The average molecular weight is 710 g/mol. The molecular weight excluding hydrogens is 630 g/mol. The lowest BCUT2D eigenvalue weighted by Crippen LogP contribution is -2.62. The van der Waals surface area contributed by atoms with Crippen LogP contribution in [0.2, 0.25) is 0 Å². The zero-order valence-corrected chi connectivity index (χ0v) is 32.5. The first-order valence-electron chi connectivity index (χ1n) is 20.3.